The van der Waals surface area contributed by atoms with Gasteiger partial charge in [-0.25, -0.2) is 9.97 Å². The zero-order valence-electron chi connectivity index (χ0n) is 10.4. The van der Waals surface area contributed by atoms with Crippen molar-refractivity contribution < 1.29 is 5.11 Å². The first kappa shape index (κ1) is 12.9. The number of hydrogen-bond acceptors (Lipinski definition) is 5. The third kappa shape index (κ3) is 4.55. The fourth-order valence-electron chi connectivity index (χ4n) is 1.68. The van der Waals surface area contributed by atoms with Crippen LogP contribution in [0.15, 0.2) is 6.07 Å². The molecule has 0 spiro atoms. The minimum absolute atomic E-state index is 0.485. The molecule has 0 radical (unpaired) electrons. The molecule has 1 heterocycles. The van der Waals surface area contributed by atoms with Crippen molar-refractivity contribution in [1.29, 1.82) is 0 Å². The topological polar surface area (TPSA) is 75.3 Å². The molecule has 5 nitrogen and oxygen atoms in total. The van der Waals surface area contributed by atoms with Crippen LogP contribution in [0.5, 0.6) is 0 Å². The summed E-state index contributed by atoms with van der Waals surface area (Å²) in [7, 11) is 1.92. The van der Waals surface area contributed by atoms with E-state index in [1.165, 1.54) is 0 Å². The van der Waals surface area contributed by atoms with E-state index in [0.717, 1.165) is 5.69 Å². The quantitative estimate of drug-likeness (QED) is 0.782. The number of nitrogen functional groups attached to an aromatic ring is 1. The summed E-state index contributed by atoms with van der Waals surface area (Å²) in [5, 5.41) is 9.67. The van der Waals surface area contributed by atoms with E-state index in [-0.39, 0.29) is 0 Å². The zero-order chi connectivity index (χ0) is 12.3. The number of hydrogen-bond donors (Lipinski definition) is 2. The minimum atomic E-state index is -0.718. The number of nitrogens with zero attached hydrogens (tertiary/aromatic N) is 3. The molecular formula is C11H20N4O. The van der Waals surface area contributed by atoms with E-state index in [9.17, 15) is 5.11 Å². The van der Waals surface area contributed by atoms with Gasteiger partial charge in [0.05, 0.1) is 12.1 Å². The summed E-state index contributed by atoms with van der Waals surface area (Å²) in [5.74, 6) is 1.17. The molecule has 0 unspecified atom stereocenters. The third-order valence-electron chi connectivity index (χ3n) is 1.99. The van der Waals surface area contributed by atoms with Crippen LogP contribution >= 0.6 is 0 Å². The molecule has 3 N–H and O–H groups in total. The maximum Gasteiger partial charge on any atom is 0.144 e. The monoisotopic (exact) mass is 224 g/mol. The number of aromatic nitrogens is 2. The first-order valence-electron chi connectivity index (χ1n) is 5.27. The highest BCUT2D eigenvalue weighted by molar-refractivity contribution is 5.29. The third-order valence-corrected chi connectivity index (χ3v) is 1.99. The van der Waals surface area contributed by atoms with Crippen molar-refractivity contribution in [2.75, 3.05) is 19.3 Å². The molecule has 0 aliphatic carbocycles. The van der Waals surface area contributed by atoms with Crippen LogP contribution in [0.1, 0.15) is 25.4 Å². The molecule has 1 rings (SSSR count). The Kier molecular flexibility index (Phi) is 3.83. The van der Waals surface area contributed by atoms with E-state index in [1.54, 1.807) is 19.9 Å². The van der Waals surface area contributed by atoms with E-state index in [0.29, 0.717) is 24.7 Å². The molecule has 0 bridgehead atoms. The number of rotatable bonds is 4. The Morgan fingerprint density at radius 1 is 1.44 bits per heavy atom. The maximum absolute atomic E-state index is 9.67. The lowest BCUT2D eigenvalue weighted by atomic mass is 10.1. The Morgan fingerprint density at radius 3 is 2.56 bits per heavy atom. The van der Waals surface area contributed by atoms with Crippen molar-refractivity contribution in [3.8, 4) is 0 Å². The van der Waals surface area contributed by atoms with Gasteiger partial charge in [-0.1, -0.05) is 0 Å². The fraction of sp³-hybridized carbons (Fsp3) is 0.636. The first-order chi connectivity index (χ1) is 7.26. The number of aryl methyl sites for hydroxylation is 1. The predicted molar refractivity (Wildman–Crippen MR) is 63.8 cm³/mol. The molecule has 0 aromatic carbocycles. The van der Waals surface area contributed by atoms with Gasteiger partial charge in [0, 0.05) is 18.3 Å². The van der Waals surface area contributed by atoms with E-state index < -0.39 is 5.60 Å². The summed E-state index contributed by atoms with van der Waals surface area (Å²) < 4.78 is 0. The van der Waals surface area contributed by atoms with Crippen molar-refractivity contribution in [1.82, 2.24) is 14.9 Å². The van der Waals surface area contributed by atoms with Gasteiger partial charge in [0.15, 0.2) is 0 Å². The van der Waals surface area contributed by atoms with Crippen molar-refractivity contribution in [3.63, 3.8) is 0 Å². The highest BCUT2D eigenvalue weighted by Gasteiger charge is 2.16. The Balaban J connectivity index is 2.66. The standard InChI is InChI=1S/C11H20N4O/c1-8-5-9(12)14-10(13-8)6-15(4)7-11(2,3)16/h5,16H,6-7H2,1-4H3,(H2,12,13,14). The second kappa shape index (κ2) is 4.76. The molecule has 0 saturated heterocycles. The van der Waals surface area contributed by atoms with Crippen molar-refractivity contribution in [3.05, 3.63) is 17.6 Å². The van der Waals surface area contributed by atoms with Gasteiger partial charge in [0.25, 0.3) is 0 Å². The maximum atomic E-state index is 9.67. The van der Waals surface area contributed by atoms with E-state index in [2.05, 4.69) is 9.97 Å². The molecule has 1 aromatic heterocycles. The molecule has 5 heteroatoms. The smallest absolute Gasteiger partial charge is 0.144 e. The largest absolute Gasteiger partial charge is 0.389 e. The van der Waals surface area contributed by atoms with E-state index in [4.69, 9.17) is 5.73 Å². The van der Waals surface area contributed by atoms with Gasteiger partial charge in [0.2, 0.25) is 0 Å². The Hall–Kier alpha value is -1.20. The van der Waals surface area contributed by atoms with Gasteiger partial charge >= 0.3 is 0 Å². The second-order valence-electron chi connectivity index (χ2n) is 4.84. The normalized spacial score (nSPS) is 12.1. The molecule has 16 heavy (non-hydrogen) atoms. The Labute approximate surface area is 96.3 Å². The highest BCUT2D eigenvalue weighted by Crippen LogP contribution is 2.07. The van der Waals surface area contributed by atoms with Gasteiger partial charge in [-0.05, 0) is 27.8 Å². The average molecular weight is 224 g/mol. The van der Waals surface area contributed by atoms with E-state index >= 15 is 0 Å². The predicted octanol–water partition coefficient (Wildman–Crippen LogP) is 0.570. The summed E-state index contributed by atoms with van der Waals surface area (Å²) in [6.07, 6.45) is 0. The number of aliphatic hydroxyl groups is 1. The molecule has 0 saturated carbocycles. The number of nitrogens with two attached hydrogens (primary N) is 1. The van der Waals surface area contributed by atoms with Crippen LogP contribution in [0.4, 0.5) is 5.82 Å². The lowest BCUT2D eigenvalue weighted by Crippen LogP contribution is -2.36. The lowest BCUT2D eigenvalue weighted by molar-refractivity contribution is 0.0418. The summed E-state index contributed by atoms with van der Waals surface area (Å²) in [6, 6.07) is 1.74. The SMILES string of the molecule is Cc1cc(N)nc(CN(C)CC(C)(C)O)n1. The molecule has 0 aliphatic rings. The van der Waals surface area contributed by atoms with Crippen LogP contribution in [0.2, 0.25) is 0 Å². The summed E-state index contributed by atoms with van der Waals surface area (Å²) in [6.45, 7) is 6.57. The average Bonchev–Trinajstić information content (AvgIpc) is 1.96. The second-order valence-corrected chi connectivity index (χ2v) is 4.84. The van der Waals surface area contributed by atoms with E-state index in [1.807, 2.05) is 18.9 Å². The summed E-state index contributed by atoms with van der Waals surface area (Å²) in [4.78, 5) is 10.4. The summed E-state index contributed by atoms with van der Waals surface area (Å²) in [5.41, 5.74) is 5.79. The Morgan fingerprint density at radius 2 is 2.06 bits per heavy atom. The molecule has 0 aliphatic heterocycles. The first-order valence-corrected chi connectivity index (χ1v) is 5.27. The molecule has 0 atom stereocenters. The molecule has 0 amide bonds. The van der Waals surface area contributed by atoms with Gasteiger partial charge in [-0.2, -0.15) is 0 Å². The van der Waals surface area contributed by atoms with Gasteiger partial charge < -0.3 is 10.8 Å². The van der Waals surface area contributed by atoms with Gasteiger partial charge in [-0.3, -0.25) is 4.90 Å². The zero-order valence-corrected chi connectivity index (χ0v) is 10.4. The van der Waals surface area contributed by atoms with Crippen LogP contribution in [-0.4, -0.2) is 39.2 Å². The molecular weight excluding hydrogens is 204 g/mol. The van der Waals surface area contributed by atoms with Crippen molar-refractivity contribution in [2.24, 2.45) is 0 Å². The van der Waals surface area contributed by atoms with Gasteiger partial charge in [-0.15, -0.1) is 0 Å². The van der Waals surface area contributed by atoms with Crippen LogP contribution in [0.3, 0.4) is 0 Å². The minimum Gasteiger partial charge on any atom is -0.389 e. The highest BCUT2D eigenvalue weighted by atomic mass is 16.3. The Bertz CT molecular complexity index is 339. The molecule has 90 valence electrons. The van der Waals surface area contributed by atoms with Crippen LogP contribution in [0, 0.1) is 6.92 Å². The lowest BCUT2D eigenvalue weighted by Gasteiger charge is -2.24. The van der Waals surface area contributed by atoms with Crippen LogP contribution in [-0.2, 0) is 6.54 Å². The van der Waals surface area contributed by atoms with Crippen molar-refractivity contribution >= 4 is 5.82 Å². The number of anilines is 1. The molecule has 0 fully saturated rings. The summed E-state index contributed by atoms with van der Waals surface area (Å²) >= 11 is 0. The molecule has 1 aromatic rings. The van der Waals surface area contributed by atoms with Crippen LogP contribution in [0.25, 0.3) is 0 Å². The van der Waals surface area contributed by atoms with Crippen molar-refractivity contribution in [2.45, 2.75) is 32.9 Å². The van der Waals surface area contributed by atoms with Gasteiger partial charge in [0.1, 0.15) is 11.6 Å². The number of likely N-dealkylation sites (N-methyl/N-ethyl adjacent to an activating group) is 1. The van der Waals surface area contributed by atoms with Crippen LogP contribution < -0.4 is 5.73 Å². The fourth-order valence-corrected chi connectivity index (χ4v) is 1.68.